The summed E-state index contributed by atoms with van der Waals surface area (Å²) in [7, 11) is 0. The molecule has 3 atom stereocenters. The lowest BCUT2D eigenvalue weighted by Crippen LogP contribution is -2.35. The zero-order valence-corrected chi connectivity index (χ0v) is 25.1. The fourth-order valence-electron chi connectivity index (χ4n) is 8.68. The fraction of sp³-hybridized carbons (Fsp3) is 0.143. The molecular formula is C42H33N3. The maximum atomic E-state index is 2.68. The second-order valence-corrected chi connectivity index (χ2v) is 12.8. The van der Waals surface area contributed by atoms with E-state index in [0.29, 0.717) is 12.0 Å². The van der Waals surface area contributed by atoms with Gasteiger partial charge in [0.05, 0.1) is 23.1 Å². The number of anilines is 1. The van der Waals surface area contributed by atoms with Crippen molar-refractivity contribution in [1.82, 2.24) is 9.13 Å². The summed E-state index contributed by atoms with van der Waals surface area (Å²) < 4.78 is 5.10. The number of para-hydroxylation sites is 5. The Morgan fingerprint density at radius 3 is 1.80 bits per heavy atom. The highest BCUT2D eigenvalue weighted by molar-refractivity contribution is 6.11. The standard InChI is InChI=1S/C42H33N3/c1-7-19-37-31(13-1)32-14-2-8-20-38(32)43(37)28-25-29(44-39-21-9-3-15-33(39)34-16-4-10-22-40(34)44)27-30(26-28)45-41-23-11-5-17-35(41)36-18-6-12-24-42(36)45/h1-5,7-17,19-26,29,36,42H,6,18,27H2. The van der Waals surface area contributed by atoms with Crippen LogP contribution in [0.1, 0.15) is 36.8 Å². The monoisotopic (exact) mass is 579 g/mol. The molecule has 7 aromatic rings. The molecule has 216 valence electrons. The maximum absolute atomic E-state index is 2.68. The lowest BCUT2D eigenvalue weighted by molar-refractivity contribution is 0.544. The average Bonchev–Trinajstić information content (AvgIpc) is 3.74. The Balaban J connectivity index is 1.26. The Morgan fingerprint density at radius 2 is 1.13 bits per heavy atom. The zero-order valence-electron chi connectivity index (χ0n) is 25.1. The zero-order chi connectivity index (χ0) is 29.5. The third-order valence-corrected chi connectivity index (χ3v) is 10.5. The minimum atomic E-state index is 0.142. The molecule has 0 fully saturated rings. The largest absolute Gasteiger partial charge is 0.337 e. The van der Waals surface area contributed by atoms with Crippen LogP contribution in [0.2, 0.25) is 0 Å². The fourth-order valence-corrected chi connectivity index (χ4v) is 8.68. The summed E-state index contributed by atoms with van der Waals surface area (Å²) in [4.78, 5) is 2.68. The minimum Gasteiger partial charge on any atom is -0.337 e. The van der Waals surface area contributed by atoms with Gasteiger partial charge in [-0.1, -0.05) is 103 Å². The van der Waals surface area contributed by atoms with Crippen LogP contribution in [0.25, 0.3) is 49.3 Å². The van der Waals surface area contributed by atoms with Crippen molar-refractivity contribution in [2.75, 3.05) is 4.90 Å². The molecule has 3 heteroatoms. The quantitative estimate of drug-likeness (QED) is 0.190. The van der Waals surface area contributed by atoms with E-state index in [0.717, 1.165) is 12.8 Å². The molecule has 3 aliphatic rings. The first kappa shape index (κ1) is 25.1. The van der Waals surface area contributed by atoms with Gasteiger partial charge in [-0.2, -0.15) is 0 Å². The van der Waals surface area contributed by atoms with Crippen LogP contribution in [0, 0.1) is 0 Å². The number of fused-ring (bicyclic) bond motifs is 9. The first-order valence-corrected chi connectivity index (χ1v) is 16.3. The van der Waals surface area contributed by atoms with Crippen molar-refractivity contribution >= 4 is 55.0 Å². The molecule has 1 aliphatic heterocycles. The van der Waals surface area contributed by atoms with Crippen LogP contribution in [0.4, 0.5) is 5.69 Å². The Morgan fingerprint density at radius 1 is 0.578 bits per heavy atom. The van der Waals surface area contributed by atoms with Gasteiger partial charge in [-0.3, -0.25) is 0 Å². The molecule has 5 aromatic carbocycles. The normalized spacial score (nSPS) is 21.0. The molecule has 0 N–H and O–H groups in total. The van der Waals surface area contributed by atoms with Crippen LogP contribution >= 0.6 is 0 Å². The van der Waals surface area contributed by atoms with Gasteiger partial charge < -0.3 is 14.0 Å². The van der Waals surface area contributed by atoms with E-state index in [-0.39, 0.29) is 6.04 Å². The van der Waals surface area contributed by atoms with Gasteiger partial charge in [0.15, 0.2) is 0 Å². The number of rotatable bonds is 3. The number of allylic oxidation sites excluding steroid dienone is 5. The van der Waals surface area contributed by atoms with Gasteiger partial charge in [-0.25, -0.2) is 0 Å². The lowest BCUT2D eigenvalue weighted by atomic mass is 9.86. The highest BCUT2D eigenvalue weighted by atomic mass is 15.2. The summed E-state index contributed by atoms with van der Waals surface area (Å²) in [5.41, 5.74) is 10.6. The molecule has 0 spiro atoms. The predicted octanol–water partition coefficient (Wildman–Crippen LogP) is 10.6. The third-order valence-electron chi connectivity index (χ3n) is 10.5. The average molecular weight is 580 g/mol. The Hall–Kier alpha value is -5.28. The smallest absolute Gasteiger partial charge is 0.0600 e. The first-order chi connectivity index (χ1) is 22.3. The Bertz CT molecular complexity index is 2290. The second-order valence-electron chi connectivity index (χ2n) is 12.8. The molecule has 0 saturated heterocycles. The van der Waals surface area contributed by atoms with Crippen molar-refractivity contribution in [3.63, 3.8) is 0 Å². The number of benzene rings is 5. The van der Waals surface area contributed by atoms with Crippen molar-refractivity contribution in [2.45, 2.75) is 37.3 Å². The first-order valence-electron chi connectivity index (χ1n) is 16.3. The summed E-state index contributed by atoms with van der Waals surface area (Å²) in [5.74, 6) is 0.529. The number of hydrogen-bond donors (Lipinski definition) is 0. The van der Waals surface area contributed by atoms with E-state index < -0.39 is 0 Å². The van der Waals surface area contributed by atoms with Crippen LogP contribution in [-0.2, 0) is 0 Å². The molecule has 2 aromatic heterocycles. The van der Waals surface area contributed by atoms with E-state index in [1.54, 1.807) is 0 Å². The summed E-state index contributed by atoms with van der Waals surface area (Å²) in [6.45, 7) is 0. The summed E-state index contributed by atoms with van der Waals surface area (Å²) >= 11 is 0. The SMILES string of the molecule is C1=CC2C(CC1)c1ccccc1N2C1=CC(n2c3ccccc3c3ccccc32)=CC(n2c3ccccc3c3ccccc32)C1. The number of nitrogens with zero attached hydrogens (tertiary/aromatic N) is 3. The van der Waals surface area contributed by atoms with Gasteiger partial charge in [-0.15, -0.1) is 0 Å². The Kier molecular flexibility index (Phi) is 5.36. The number of hydrogen-bond acceptors (Lipinski definition) is 1. The van der Waals surface area contributed by atoms with Crippen molar-refractivity contribution in [1.29, 1.82) is 0 Å². The van der Waals surface area contributed by atoms with Crippen molar-refractivity contribution < 1.29 is 0 Å². The number of aromatic nitrogens is 2. The van der Waals surface area contributed by atoms with Gasteiger partial charge >= 0.3 is 0 Å². The predicted molar refractivity (Wildman–Crippen MR) is 189 cm³/mol. The van der Waals surface area contributed by atoms with Gasteiger partial charge in [0.25, 0.3) is 0 Å². The molecule has 0 bridgehead atoms. The molecule has 3 heterocycles. The van der Waals surface area contributed by atoms with E-state index in [4.69, 9.17) is 0 Å². The van der Waals surface area contributed by atoms with Gasteiger partial charge in [0, 0.05) is 62.0 Å². The van der Waals surface area contributed by atoms with Gasteiger partial charge in [0.2, 0.25) is 0 Å². The topological polar surface area (TPSA) is 13.1 Å². The van der Waals surface area contributed by atoms with Crippen molar-refractivity contribution in [3.05, 3.63) is 157 Å². The van der Waals surface area contributed by atoms with E-state index >= 15 is 0 Å². The van der Waals surface area contributed by atoms with Crippen LogP contribution < -0.4 is 4.90 Å². The molecule has 0 amide bonds. The third kappa shape index (κ3) is 3.58. The van der Waals surface area contributed by atoms with Crippen molar-refractivity contribution in [3.8, 4) is 0 Å². The molecular weight excluding hydrogens is 546 g/mol. The highest BCUT2D eigenvalue weighted by Crippen LogP contribution is 2.50. The molecule has 3 unspecified atom stereocenters. The molecule has 10 rings (SSSR count). The maximum Gasteiger partial charge on any atom is 0.0600 e. The van der Waals surface area contributed by atoms with E-state index in [9.17, 15) is 0 Å². The summed E-state index contributed by atoms with van der Waals surface area (Å²) in [5, 5.41) is 5.23. The molecule has 0 saturated carbocycles. The van der Waals surface area contributed by atoms with Crippen LogP contribution in [0.3, 0.4) is 0 Å². The second kappa shape index (κ2) is 9.61. The highest BCUT2D eigenvalue weighted by Gasteiger charge is 2.40. The molecule has 2 aliphatic carbocycles. The van der Waals surface area contributed by atoms with Crippen LogP contribution in [-0.4, -0.2) is 15.2 Å². The van der Waals surface area contributed by atoms with E-state index in [1.807, 2.05) is 0 Å². The van der Waals surface area contributed by atoms with E-state index in [1.165, 1.54) is 72.7 Å². The Labute approximate surface area is 262 Å². The van der Waals surface area contributed by atoms with Crippen LogP contribution in [0.15, 0.2) is 151 Å². The van der Waals surface area contributed by atoms with Crippen molar-refractivity contribution in [2.24, 2.45) is 0 Å². The minimum absolute atomic E-state index is 0.142. The summed E-state index contributed by atoms with van der Waals surface area (Å²) in [6.07, 6.45) is 13.2. The lowest BCUT2D eigenvalue weighted by Gasteiger charge is -2.36. The molecule has 0 radical (unpaired) electrons. The molecule has 3 nitrogen and oxygen atoms in total. The van der Waals surface area contributed by atoms with E-state index in [2.05, 4.69) is 160 Å². The van der Waals surface area contributed by atoms with Gasteiger partial charge in [0.1, 0.15) is 0 Å². The summed E-state index contributed by atoms with van der Waals surface area (Å²) in [6, 6.07) is 45.2. The molecule has 45 heavy (non-hydrogen) atoms. The van der Waals surface area contributed by atoms with Gasteiger partial charge in [-0.05, 0) is 60.9 Å². The van der Waals surface area contributed by atoms with Crippen LogP contribution in [0.5, 0.6) is 0 Å².